The van der Waals surface area contributed by atoms with E-state index in [2.05, 4.69) is 37.0 Å². The molecular weight excluding hydrogens is 370 g/mol. The number of rotatable bonds is 2. The lowest BCUT2D eigenvalue weighted by atomic mass is 10.1. The van der Waals surface area contributed by atoms with Crippen molar-refractivity contribution in [3.05, 3.63) is 63.5 Å². The molecule has 0 atom stereocenters. The van der Waals surface area contributed by atoms with Crippen LogP contribution in [0.15, 0.2) is 68.1 Å². The number of hydrogen-bond acceptors (Lipinski definition) is 2. The van der Waals surface area contributed by atoms with E-state index >= 15 is 0 Å². The highest BCUT2D eigenvalue weighted by Crippen LogP contribution is 2.28. The number of benzene rings is 2. The average Bonchev–Trinajstić information content (AvgIpc) is 2.88. The average molecular weight is 379 g/mol. The number of halogens is 2. The van der Waals surface area contributed by atoms with Gasteiger partial charge in [-0.1, -0.05) is 61.3 Å². The van der Waals surface area contributed by atoms with E-state index in [1.165, 1.54) is 0 Å². The lowest BCUT2D eigenvalue weighted by molar-refractivity contribution is 0.435. The van der Waals surface area contributed by atoms with Crippen LogP contribution in [0, 0.1) is 0 Å². The van der Waals surface area contributed by atoms with Crippen LogP contribution in [0.3, 0.4) is 0 Å². The van der Waals surface area contributed by atoms with E-state index in [0.29, 0.717) is 0 Å². The molecule has 0 fully saturated rings. The Bertz CT molecular complexity index is 661. The molecule has 2 nitrogen and oxygen atoms in total. The zero-order chi connectivity index (χ0) is 13.2. The smallest absolute Gasteiger partial charge is 0.167 e. The molecule has 0 spiro atoms. The SMILES string of the molecule is Brc1cccc(-c2cc(-c3cccc(Br)c3)on2)c1. The molecule has 4 heteroatoms. The molecule has 0 saturated heterocycles. The van der Waals surface area contributed by atoms with E-state index in [-0.39, 0.29) is 0 Å². The molecular formula is C15H9Br2NO. The van der Waals surface area contributed by atoms with Crippen LogP contribution in [0.1, 0.15) is 0 Å². The van der Waals surface area contributed by atoms with Gasteiger partial charge in [0.15, 0.2) is 5.76 Å². The fourth-order valence-electron chi connectivity index (χ4n) is 1.84. The van der Waals surface area contributed by atoms with Crippen LogP contribution in [0.4, 0.5) is 0 Å². The maximum atomic E-state index is 5.41. The van der Waals surface area contributed by atoms with Crippen molar-refractivity contribution in [2.75, 3.05) is 0 Å². The van der Waals surface area contributed by atoms with Crippen LogP contribution in [-0.4, -0.2) is 5.16 Å². The van der Waals surface area contributed by atoms with Gasteiger partial charge in [0, 0.05) is 26.1 Å². The maximum Gasteiger partial charge on any atom is 0.167 e. The van der Waals surface area contributed by atoms with Crippen LogP contribution in [0.5, 0.6) is 0 Å². The van der Waals surface area contributed by atoms with Gasteiger partial charge in [-0.3, -0.25) is 0 Å². The van der Waals surface area contributed by atoms with Crippen molar-refractivity contribution in [1.82, 2.24) is 5.16 Å². The predicted octanol–water partition coefficient (Wildman–Crippen LogP) is 5.53. The summed E-state index contributed by atoms with van der Waals surface area (Å²) in [6.45, 7) is 0. The van der Waals surface area contributed by atoms with Crippen LogP contribution in [-0.2, 0) is 0 Å². The Morgan fingerprint density at radius 2 is 1.42 bits per heavy atom. The van der Waals surface area contributed by atoms with Gasteiger partial charge in [0.2, 0.25) is 0 Å². The Hall–Kier alpha value is -1.39. The zero-order valence-electron chi connectivity index (χ0n) is 9.81. The Balaban J connectivity index is 2.00. The second-order valence-electron chi connectivity index (χ2n) is 4.10. The number of hydrogen-bond donors (Lipinski definition) is 0. The highest BCUT2D eigenvalue weighted by atomic mass is 79.9. The van der Waals surface area contributed by atoms with Crippen molar-refractivity contribution in [3.63, 3.8) is 0 Å². The topological polar surface area (TPSA) is 26.0 Å². The Labute approximate surface area is 127 Å². The second kappa shape index (κ2) is 5.31. The second-order valence-corrected chi connectivity index (χ2v) is 5.93. The first-order chi connectivity index (χ1) is 9.22. The summed E-state index contributed by atoms with van der Waals surface area (Å²) in [5.41, 5.74) is 2.86. The Kier molecular flexibility index (Phi) is 3.53. The molecule has 1 heterocycles. The third-order valence-corrected chi connectivity index (χ3v) is 3.73. The highest BCUT2D eigenvalue weighted by Gasteiger charge is 2.09. The van der Waals surface area contributed by atoms with Gasteiger partial charge in [-0.05, 0) is 24.3 Å². The summed E-state index contributed by atoms with van der Waals surface area (Å²) in [4.78, 5) is 0. The molecule has 0 aliphatic heterocycles. The minimum atomic E-state index is 0.760. The van der Waals surface area contributed by atoms with Crippen molar-refractivity contribution < 1.29 is 4.52 Å². The fraction of sp³-hybridized carbons (Fsp3) is 0. The first-order valence-electron chi connectivity index (χ1n) is 5.71. The van der Waals surface area contributed by atoms with E-state index in [9.17, 15) is 0 Å². The summed E-state index contributed by atoms with van der Waals surface area (Å²) < 4.78 is 7.46. The van der Waals surface area contributed by atoms with Gasteiger partial charge >= 0.3 is 0 Å². The lowest BCUT2D eigenvalue weighted by Gasteiger charge is -1.96. The minimum Gasteiger partial charge on any atom is -0.356 e. The molecule has 0 aliphatic rings. The molecule has 0 radical (unpaired) electrons. The van der Waals surface area contributed by atoms with E-state index in [1.807, 2.05) is 54.6 Å². The van der Waals surface area contributed by atoms with E-state index in [4.69, 9.17) is 4.52 Å². The molecule has 0 N–H and O–H groups in total. The van der Waals surface area contributed by atoms with Gasteiger partial charge in [-0.15, -0.1) is 0 Å². The summed E-state index contributed by atoms with van der Waals surface area (Å²) >= 11 is 6.91. The maximum absolute atomic E-state index is 5.41. The molecule has 0 amide bonds. The van der Waals surface area contributed by atoms with Gasteiger partial charge in [0.05, 0.1) is 0 Å². The van der Waals surface area contributed by atoms with E-state index < -0.39 is 0 Å². The van der Waals surface area contributed by atoms with Gasteiger partial charge in [-0.25, -0.2) is 0 Å². The minimum absolute atomic E-state index is 0.760. The van der Waals surface area contributed by atoms with Crippen molar-refractivity contribution in [2.24, 2.45) is 0 Å². The van der Waals surface area contributed by atoms with Crippen molar-refractivity contribution in [3.8, 4) is 22.6 Å². The van der Waals surface area contributed by atoms with E-state index in [0.717, 1.165) is 31.5 Å². The molecule has 0 aliphatic carbocycles. The first kappa shape index (κ1) is 12.6. The molecule has 94 valence electrons. The van der Waals surface area contributed by atoms with Gasteiger partial charge in [-0.2, -0.15) is 0 Å². The standard InChI is InChI=1S/C15H9Br2NO/c16-12-5-1-3-10(7-12)14-9-15(19-18-14)11-4-2-6-13(17)8-11/h1-9H. The van der Waals surface area contributed by atoms with Crippen LogP contribution in [0.2, 0.25) is 0 Å². The summed E-state index contributed by atoms with van der Waals surface area (Å²) in [6.07, 6.45) is 0. The molecule has 3 aromatic rings. The molecule has 0 bridgehead atoms. The zero-order valence-corrected chi connectivity index (χ0v) is 13.0. The summed E-state index contributed by atoms with van der Waals surface area (Å²) in [5.74, 6) is 0.760. The summed E-state index contributed by atoms with van der Waals surface area (Å²) in [7, 11) is 0. The summed E-state index contributed by atoms with van der Waals surface area (Å²) in [6, 6.07) is 17.9. The Morgan fingerprint density at radius 3 is 2.11 bits per heavy atom. The largest absolute Gasteiger partial charge is 0.356 e. The normalized spacial score (nSPS) is 10.6. The van der Waals surface area contributed by atoms with Crippen molar-refractivity contribution in [2.45, 2.75) is 0 Å². The van der Waals surface area contributed by atoms with Crippen LogP contribution < -0.4 is 0 Å². The van der Waals surface area contributed by atoms with Crippen LogP contribution in [0.25, 0.3) is 22.6 Å². The molecule has 3 rings (SSSR count). The lowest BCUT2D eigenvalue weighted by Crippen LogP contribution is -1.76. The molecule has 0 unspecified atom stereocenters. The number of nitrogens with zero attached hydrogens (tertiary/aromatic N) is 1. The summed E-state index contributed by atoms with van der Waals surface area (Å²) in [5, 5.41) is 4.12. The third-order valence-electron chi connectivity index (χ3n) is 2.74. The van der Waals surface area contributed by atoms with Gasteiger partial charge in [0.25, 0.3) is 0 Å². The van der Waals surface area contributed by atoms with E-state index in [1.54, 1.807) is 0 Å². The van der Waals surface area contributed by atoms with Crippen molar-refractivity contribution in [1.29, 1.82) is 0 Å². The van der Waals surface area contributed by atoms with Crippen LogP contribution >= 0.6 is 31.9 Å². The molecule has 1 aromatic heterocycles. The number of aromatic nitrogens is 1. The predicted molar refractivity (Wildman–Crippen MR) is 82.8 cm³/mol. The molecule has 2 aromatic carbocycles. The Morgan fingerprint density at radius 1 is 0.789 bits per heavy atom. The molecule has 19 heavy (non-hydrogen) atoms. The quantitative estimate of drug-likeness (QED) is 0.585. The fourth-order valence-corrected chi connectivity index (χ4v) is 2.64. The third kappa shape index (κ3) is 2.80. The monoisotopic (exact) mass is 377 g/mol. The van der Waals surface area contributed by atoms with Gasteiger partial charge < -0.3 is 4.52 Å². The van der Waals surface area contributed by atoms with Crippen molar-refractivity contribution >= 4 is 31.9 Å². The first-order valence-corrected chi connectivity index (χ1v) is 7.29. The highest BCUT2D eigenvalue weighted by molar-refractivity contribution is 9.10. The molecule has 0 saturated carbocycles. The van der Waals surface area contributed by atoms with Gasteiger partial charge in [0.1, 0.15) is 5.69 Å².